The van der Waals surface area contributed by atoms with Gasteiger partial charge >= 0.3 is 0 Å². The lowest BCUT2D eigenvalue weighted by atomic mass is 9.72. The predicted octanol–water partition coefficient (Wildman–Crippen LogP) is 4.83. The maximum absolute atomic E-state index is 4.32. The molecule has 3 heteroatoms. The third kappa shape index (κ3) is 5.71. The summed E-state index contributed by atoms with van der Waals surface area (Å²) in [5, 5.41) is 3.71. The van der Waals surface area contributed by atoms with E-state index in [1.54, 1.807) is 0 Å². The van der Waals surface area contributed by atoms with Crippen LogP contribution in [-0.4, -0.2) is 17.1 Å². The van der Waals surface area contributed by atoms with E-state index >= 15 is 0 Å². The molecular formula is C18H29BrN2. The Labute approximate surface area is 138 Å². The van der Waals surface area contributed by atoms with Gasteiger partial charge in [0.25, 0.3) is 0 Å². The molecule has 21 heavy (non-hydrogen) atoms. The first-order valence-electron chi connectivity index (χ1n) is 8.18. The van der Waals surface area contributed by atoms with Gasteiger partial charge in [-0.2, -0.15) is 0 Å². The van der Waals surface area contributed by atoms with E-state index in [0.29, 0.717) is 0 Å². The molecule has 0 bridgehead atoms. The number of pyridine rings is 1. The lowest BCUT2D eigenvalue weighted by Crippen LogP contribution is -2.42. The van der Waals surface area contributed by atoms with Crippen LogP contribution in [0.3, 0.4) is 0 Å². The van der Waals surface area contributed by atoms with Gasteiger partial charge in [0.2, 0.25) is 0 Å². The van der Waals surface area contributed by atoms with Crippen LogP contribution in [0.15, 0.2) is 22.9 Å². The summed E-state index contributed by atoms with van der Waals surface area (Å²) in [4.78, 5) is 4.32. The van der Waals surface area contributed by atoms with Gasteiger partial charge in [0.15, 0.2) is 0 Å². The topological polar surface area (TPSA) is 24.9 Å². The molecule has 2 nitrogen and oxygen atoms in total. The Bertz CT molecular complexity index is 453. The number of rotatable bonds is 4. The standard InChI is InChI=1S/C18H29BrN2/c1-13-5-6-15(11-21-18(2,3)4)16(7-13)8-14-9-17(19)12-20-10-14/h9-10,12-13,15-16,21H,5-8,11H2,1-4H3. The average Bonchev–Trinajstić information content (AvgIpc) is 2.36. The summed E-state index contributed by atoms with van der Waals surface area (Å²) in [6.45, 7) is 10.3. The van der Waals surface area contributed by atoms with Gasteiger partial charge in [-0.1, -0.05) is 13.3 Å². The molecule has 1 aliphatic carbocycles. The summed E-state index contributed by atoms with van der Waals surface area (Å²) in [6, 6.07) is 2.22. The normalized spacial score (nSPS) is 26.8. The monoisotopic (exact) mass is 352 g/mol. The highest BCUT2D eigenvalue weighted by atomic mass is 79.9. The summed E-state index contributed by atoms with van der Waals surface area (Å²) in [5.41, 5.74) is 1.58. The lowest BCUT2D eigenvalue weighted by molar-refractivity contribution is 0.174. The molecule has 0 aliphatic heterocycles. The molecule has 1 aromatic heterocycles. The van der Waals surface area contributed by atoms with Crippen molar-refractivity contribution in [1.29, 1.82) is 0 Å². The second-order valence-electron chi connectivity index (χ2n) is 7.78. The largest absolute Gasteiger partial charge is 0.312 e. The highest BCUT2D eigenvalue weighted by Crippen LogP contribution is 2.36. The van der Waals surface area contributed by atoms with E-state index in [-0.39, 0.29) is 5.54 Å². The van der Waals surface area contributed by atoms with Gasteiger partial charge in [0, 0.05) is 22.4 Å². The molecule has 1 N–H and O–H groups in total. The summed E-state index contributed by atoms with van der Waals surface area (Å²) in [7, 11) is 0. The van der Waals surface area contributed by atoms with Crippen molar-refractivity contribution in [2.24, 2.45) is 17.8 Å². The Morgan fingerprint density at radius 3 is 2.67 bits per heavy atom. The fourth-order valence-corrected chi connectivity index (χ4v) is 3.80. The van der Waals surface area contributed by atoms with E-state index in [9.17, 15) is 0 Å². The van der Waals surface area contributed by atoms with E-state index < -0.39 is 0 Å². The van der Waals surface area contributed by atoms with E-state index in [1.165, 1.54) is 24.8 Å². The number of nitrogens with zero attached hydrogens (tertiary/aromatic N) is 1. The summed E-state index contributed by atoms with van der Waals surface area (Å²) in [6.07, 6.45) is 9.14. The molecule has 0 radical (unpaired) electrons. The molecule has 2 rings (SSSR count). The van der Waals surface area contributed by atoms with Gasteiger partial charge in [-0.3, -0.25) is 4.98 Å². The maximum Gasteiger partial charge on any atom is 0.0410 e. The molecular weight excluding hydrogens is 324 g/mol. The van der Waals surface area contributed by atoms with Crippen LogP contribution in [-0.2, 0) is 6.42 Å². The van der Waals surface area contributed by atoms with Gasteiger partial charge in [0.05, 0.1) is 0 Å². The molecule has 1 aliphatic rings. The van der Waals surface area contributed by atoms with Gasteiger partial charge in [-0.05, 0) is 91.9 Å². The first kappa shape index (κ1) is 17.0. The quantitative estimate of drug-likeness (QED) is 0.839. The van der Waals surface area contributed by atoms with Crippen LogP contribution in [0.5, 0.6) is 0 Å². The van der Waals surface area contributed by atoms with E-state index in [4.69, 9.17) is 0 Å². The van der Waals surface area contributed by atoms with Crippen molar-refractivity contribution in [3.8, 4) is 0 Å². The van der Waals surface area contributed by atoms with Crippen LogP contribution in [0.25, 0.3) is 0 Å². The van der Waals surface area contributed by atoms with Crippen molar-refractivity contribution in [3.05, 3.63) is 28.5 Å². The van der Waals surface area contributed by atoms with Crippen LogP contribution in [0.2, 0.25) is 0 Å². The Morgan fingerprint density at radius 2 is 2.00 bits per heavy atom. The molecule has 0 spiro atoms. The first-order chi connectivity index (χ1) is 9.83. The molecule has 1 saturated carbocycles. The van der Waals surface area contributed by atoms with Crippen LogP contribution in [0.1, 0.15) is 52.5 Å². The lowest BCUT2D eigenvalue weighted by Gasteiger charge is -2.37. The SMILES string of the molecule is CC1CCC(CNC(C)(C)C)C(Cc2cncc(Br)c2)C1. The first-order valence-corrected chi connectivity index (χ1v) is 8.97. The highest BCUT2D eigenvalue weighted by molar-refractivity contribution is 9.10. The smallest absolute Gasteiger partial charge is 0.0410 e. The van der Waals surface area contributed by atoms with Crippen molar-refractivity contribution in [1.82, 2.24) is 10.3 Å². The molecule has 3 unspecified atom stereocenters. The number of aromatic nitrogens is 1. The number of nitrogens with one attached hydrogen (secondary N) is 1. The number of hydrogen-bond acceptors (Lipinski definition) is 2. The molecule has 0 aromatic carbocycles. The maximum atomic E-state index is 4.32. The molecule has 0 saturated heterocycles. The zero-order valence-corrected chi connectivity index (χ0v) is 15.4. The van der Waals surface area contributed by atoms with Crippen LogP contribution in [0, 0.1) is 17.8 Å². The van der Waals surface area contributed by atoms with Crippen molar-refractivity contribution in [2.45, 2.75) is 58.9 Å². The van der Waals surface area contributed by atoms with Crippen molar-refractivity contribution < 1.29 is 0 Å². The Morgan fingerprint density at radius 1 is 1.24 bits per heavy atom. The van der Waals surface area contributed by atoms with Crippen LogP contribution in [0.4, 0.5) is 0 Å². The van der Waals surface area contributed by atoms with Crippen LogP contribution < -0.4 is 5.32 Å². The highest BCUT2D eigenvalue weighted by Gasteiger charge is 2.29. The third-order valence-corrected chi connectivity index (χ3v) is 4.99. The second-order valence-corrected chi connectivity index (χ2v) is 8.70. The Kier molecular flexibility index (Phi) is 5.84. The summed E-state index contributed by atoms with van der Waals surface area (Å²) < 4.78 is 1.09. The molecule has 3 atom stereocenters. The predicted molar refractivity (Wildman–Crippen MR) is 93.4 cm³/mol. The average molecular weight is 353 g/mol. The minimum Gasteiger partial charge on any atom is -0.312 e. The van der Waals surface area contributed by atoms with Crippen molar-refractivity contribution >= 4 is 15.9 Å². The molecule has 1 aromatic rings. The minimum absolute atomic E-state index is 0.213. The minimum atomic E-state index is 0.213. The third-order valence-electron chi connectivity index (χ3n) is 4.56. The Balaban J connectivity index is 2.01. The zero-order chi connectivity index (χ0) is 15.5. The number of halogens is 1. The van der Waals surface area contributed by atoms with E-state index in [0.717, 1.165) is 35.2 Å². The van der Waals surface area contributed by atoms with E-state index in [1.807, 2.05) is 12.4 Å². The van der Waals surface area contributed by atoms with Gasteiger partial charge in [0.1, 0.15) is 0 Å². The van der Waals surface area contributed by atoms with Gasteiger partial charge in [-0.25, -0.2) is 0 Å². The summed E-state index contributed by atoms with van der Waals surface area (Å²) in [5.74, 6) is 2.43. The number of hydrogen-bond donors (Lipinski definition) is 1. The molecule has 0 amide bonds. The summed E-state index contributed by atoms with van der Waals surface area (Å²) >= 11 is 3.54. The zero-order valence-electron chi connectivity index (χ0n) is 13.8. The fraction of sp³-hybridized carbons (Fsp3) is 0.722. The molecule has 118 valence electrons. The fourth-order valence-electron chi connectivity index (χ4n) is 3.39. The van der Waals surface area contributed by atoms with E-state index in [2.05, 4.69) is 60.0 Å². The molecule has 1 fully saturated rings. The Hall–Kier alpha value is -0.410. The van der Waals surface area contributed by atoms with Gasteiger partial charge in [-0.15, -0.1) is 0 Å². The molecule has 1 heterocycles. The van der Waals surface area contributed by atoms with Crippen LogP contribution >= 0.6 is 15.9 Å². The van der Waals surface area contributed by atoms with Crippen molar-refractivity contribution in [3.63, 3.8) is 0 Å². The second kappa shape index (κ2) is 7.23. The van der Waals surface area contributed by atoms with Gasteiger partial charge < -0.3 is 5.32 Å². The van der Waals surface area contributed by atoms with Crippen molar-refractivity contribution in [2.75, 3.05) is 6.54 Å².